The minimum atomic E-state index is -3.47. The summed E-state index contributed by atoms with van der Waals surface area (Å²) in [7, 11) is -0.513. The molecule has 8 heteroatoms. The Morgan fingerprint density at radius 1 is 1.35 bits per heavy atom. The largest absolute Gasteiger partial charge is 0.352 e. The fourth-order valence-electron chi connectivity index (χ4n) is 2.42. The molecule has 0 aromatic carbocycles. The van der Waals surface area contributed by atoms with Crippen LogP contribution in [-0.4, -0.2) is 49.0 Å². The van der Waals surface area contributed by atoms with E-state index in [1.165, 1.54) is 51.0 Å². The van der Waals surface area contributed by atoms with Crippen molar-refractivity contribution in [2.24, 2.45) is 0 Å². The number of aromatic nitrogens is 1. The van der Waals surface area contributed by atoms with E-state index in [4.69, 9.17) is 0 Å². The molecular weight excluding hydrogens is 334 g/mol. The lowest BCUT2D eigenvalue weighted by Crippen LogP contribution is -2.37. The van der Waals surface area contributed by atoms with E-state index in [1.54, 1.807) is 6.07 Å². The maximum Gasteiger partial charge on any atom is 0.244 e. The average molecular weight is 358 g/mol. The first-order valence-corrected chi connectivity index (χ1v) is 9.98. The van der Waals surface area contributed by atoms with Gasteiger partial charge < -0.3 is 5.32 Å². The lowest BCUT2D eigenvalue weighted by Gasteiger charge is -2.16. The van der Waals surface area contributed by atoms with Crippen molar-refractivity contribution in [3.63, 3.8) is 0 Å². The molecule has 1 aliphatic carbocycles. The Hall–Kier alpha value is -1.12. The summed E-state index contributed by atoms with van der Waals surface area (Å²) >= 11 is 1.33. The predicted octanol–water partition coefficient (Wildman–Crippen LogP) is 1.87. The molecule has 23 heavy (non-hydrogen) atoms. The van der Waals surface area contributed by atoms with Gasteiger partial charge in [0.2, 0.25) is 15.9 Å². The molecule has 128 valence electrons. The molecule has 1 fully saturated rings. The van der Waals surface area contributed by atoms with Gasteiger partial charge >= 0.3 is 0 Å². The number of thioether (sulfide) groups is 1. The summed E-state index contributed by atoms with van der Waals surface area (Å²) in [5, 5.41) is 3.43. The second kappa shape index (κ2) is 7.63. The molecule has 1 atom stereocenters. The molecule has 1 aliphatic rings. The number of carbonyl (C=O) groups excluding carboxylic acids is 1. The molecule has 1 aromatic rings. The molecular formula is C15H23N3O3S2. The number of carbonyl (C=O) groups is 1. The second-order valence-electron chi connectivity index (χ2n) is 5.87. The van der Waals surface area contributed by atoms with Crippen LogP contribution < -0.4 is 5.32 Å². The highest BCUT2D eigenvalue weighted by atomic mass is 32.2. The molecule has 0 saturated heterocycles. The van der Waals surface area contributed by atoms with E-state index in [9.17, 15) is 13.2 Å². The summed E-state index contributed by atoms with van der Waals surface area (Å²) in [6.45, 7) is 1.83. The normalized spacial score (nSPS) is 17.4. The lowest BCUT2D eigenvalue weighted by atomic mass is 10.2. The highest BCUT2D eigenvalue weighted by Crippen LogP contribution is 2.24. The molecule has 1 N–H and O–H groups in total. The zero-order valence-electron chi connectivity index (χ0n) is 13.7. The van der Waals surface area contributed by atoms with Gasteiger partial charge in [-0.3, -0.25) is 4.79 Å². The number of rotatable bonds is 6. The Labute approximate surface area is 142 Å². The molecule has 1 amide bonds. The van der Waals surface area contributed by atoms with Crippen molar-refractivity contribution in [3.8, 4) is 0 Å². The van der Waals surface area contributed by atoms with E-state index < -0.39 is 10.0 Å². The summed E-state index contributed by atoms with van der Waals surface area (Å²) in [6, 6.07) is 3.46. The summed E-state index contributed by atoms with van der Waals surface area (Å²) in [5.41, 5.74) is 0. The monoisotopic (exact) mass is 357 g/mol. The second-order valence-corrected chi connectivity index (χ2v) is 9.38. The maximum absolute atomic E-state index is 12.2. The van der Waals surface area contributed by atoms with Crippen molar-refractivity contribution in [3.05, 3.63) is 18.3 Å². The van der Waals surface area contributed by atoms with Crippen LogP contribution in [0.1, 0.15) is 32.6 Å². The molecule has 1 saturated carbocycles. The number of nitrogens with one attached hydrogen (secondary N) is 1. The standard InChI is InChI=1S/C15H23N3O3S2/c1-11(15(19)17-12-6-4-5-7-12)22-14-9-8-13(10-16-14)23(20,21)18(2)3/h8-12H,4-7H2,1-3H3,(H,17,19)/t11-/m1/s1. The van der Waals surface area contributed by atoms with Gasteiger partial charge in [0.15, 0.2) is 0 Å². The molecule has 0 unspecified atom stereocenters. The number of hydrogen-bond donors (Lipinski definition) is 1. The minimum Gasteiger partial charge on any atom is -0.352 e. The van der Waals surface area contributed by atoms with Crippen molar-refractivity contribution in [1.29, 1.82) is 0 Å². The molecule has 0 radical (unpaired) electrons. The molecule has 2 rings (SSSR count). The van der Waals surface area contributed by atoms with E-state index in [0.717, 1.165) is 17.1 Å². The molecule has 0 aliphatic heterocycles. The smallest absolute Gasteiger partial charge is 0.244 e. The number of amides is 1. The van der Waals surface area contributed by atoms with Gasteiger partial charge in [-0.2, -0.15) is 0 Å². The van der Waals surface area contributed by atoms with E-state index in [-0.39, 0.29) is 16.1 Å². The van der Waals surface area contributed by atoms with E-state index in [2.05, 4.69) is 10.3 Å². The molecule has 1 heterocycles. The van der Waals surface area contributed by atoms with Crippen LogP contribution in [0.5, 0.6) is 0 Å². The SMILES string of the molecule is C[C@@H](Sc1ccc(S(=O)(=O)N(C)C)cn1)C(=O)NC1CCCC1. The van der Waals surface area contributed by atoms with Crippen LogP contribution in [0.25, 0.3) is 0 Å². The zero-order valence-corrected chi connectivity index (χ0v) is 15.3. The summed E-state index contributed by atoms with van der Waals surface area (Å²) in [6.07, 6.45) is 5.79. The van der Waals surface area contributed by atoms with Crippen LogP contribution in [-0.2, 0) is 14.8 Å². The van der Waals surface area contributed by atoms with Crippen LogP contribution in [0.15, 0.2) is 28.3 Å². The zero-order chi connectivity index (χ0) is 17.0. The first-order valence-electron chi connectivity index (χ1n) is 7.66. The topological polar surface area (TPSA) is 79.4 Å². The Morgan fingerprint density at radius 2 is 2.00 bits per heavy atom. The predicted molar refractivity (Wildman–Crippen MR) is 90.8 cm³/mol. The van der Waals surface area contributed by atoms with Gasteiger partial charge in [-0.25, -0.2) is 17.7 Å². The van der Waals surface area contributed by atoms with Crippen LogP contribution >= 0.6 is 11.8 Å². The Balaban J connectivity index is 1.96. The van der Waals surface area contributed by atoms with E-state index in [1.807, 2.05) is 6.92 Å². The van der Waals surface area contributed by atoms with Gasteiger partial charge in [0.25, 0.3) is 0 Å². The highest BCUT2D eigenvalue weighted by molar-refractivity contribution is 8.00. The van der Waals surface area contributed by atoms with Crippen LogP contribution in [0.4, 0.5) is 0 Å². The first kappa shape index (κ1) is 18.2. The van der Waals surface area contributed by atoms with Crippen molar-refractivity contribution >= 4 is 27.7 Å². The Morgan fingerprint density at radius 3 is 2.52 bits per heavy atom. The Kier molecular flexibility index (Phi) is 6.05. The van der Waals surface area contributed by atoms with Crippen molar-refractivity contribution in [2.75, 3.05) is 14.1 Å². The van der Waals surface area contributed by atoms with E-state index in [0.29, 0.717) is 11.1 Å². The van der Waals surface area contributed by atoms with Crippen molar-refractivity contribution in [2.45, 2.75) is 53.8 Å². The van der Waals surface area contributed by atoms with Gasteiger partial charge in [0.05, 0.1) is 10.3 Å². The van der Waals surface area contributed by atoms with Crippen molar-refractivity contribution < 1.29 is 13.2 Å². The van der Waals surface area contributed by atoms with Gasteiger partial charge in [0, 0.05) is 26.3 Å². The number of sulfonamides is 1. The fourth-order valence-corrected chi connectivity index (χ4v) is 4.07. The van der Waals surface area contributed by atoms with Crippen LogP contribution in [0.2, 0.25) is 0 Å². The summed E-state index contributed by atoms with van der Waals surface area (Å²) in [5.74, 6) is 0.00805. The quantitative estimate of drug-likeness (QED) is 0.786. The van der Waals surface area contributed by atoms with Crippen LogP contribution in [0, 0.1) is 0 Å². The van der Waals surface area contributed by atoms with Gasteiger partial charge in [-0.1, -0.05) is 24.6 Å². The van der Waals surface area contributed by atoms with Crippen molar-refractivity contribution in [1.82, 2.24) is 14.6 Å². The number of hydrogen-bond acceptors (Lipinski definition) is 5. The Bertz CT molecular complexity index is 638. The van der Waals surface area contributed by atoms with Gasteiger partial charge in [0.1, 0.15) is 4.90 Å². The number of nitrogens with zero attached hydrogens (tertiary/aromatic N) is 2. The third kappa shape index (κ3) is 4.68. The molecule has 0 bridgehead atoms. The first-order chi connectivity index (χ1) is 10.8. The fraction of sp³-hybridized carbons (Fsp3) is 0.600. The summed E-state index contributed by atoms with van der Waals surface area (Å²) in [4.78, 5) is 16.5. The molecule has 1 aromatic heterocycles. The summed E-state index contributed by atoms with van der Waals surface area (Å²) < 4.78 is 25.1. The number of pyridine rings is 1. The van der Waals surface area contributed by atoms with E-state index >= 15 is 0 Å². The lowest BCUT2D eigenvalue weighted by molar-refractivity contribution is -0.120. The van der Waals surface area contributed by atoms with Crippen LogP contribution in [0.3, 0.4) is 0 Å². The average Bonchev–Trinajstić information content (AvgIpc) is 3.00. The van der Waals surface area contributed by atoms with Gasteiger partial charge in [-0.15, -0.1) is 0 Å². The minimum absolute atomic E-state index is 0.00805. The highest BCUT2D eigenvalue weighted by Gasteiger charge is 2.22. The van der Waals surface area contributed by atoms with Gasteiger partial charge in [-0.05, 0) is 31.9 Å². The third-order valence-electron chi connectivity index (χ3n) is 3.86. The third-order valence-corrected chi connectivity index (χ3v) is 6.71. The molecule has 0 spiro atoms. The molecule has 6 nitrogen and oxygen atoms in total. The maximum atomic E-state index is 12.2.